The second-order valence-electron chi connectivity index (χ2n) is 4.66. The molecule has 1 rings (SSSR count). The van der Waals surface area contributed by atoms with Crippen molar-refractivity contribution in [3.8, 4) is 0 Å². The Morgan fingerprint density at radius 3 is 2.44 bits per heavy atom. The van der Waals surface area contributed by atoms with Crippen molar-refractivity contribution in [2.24, 2.45) is 4.40 Å². The second kappa shape index (κ2) is 5.21. The van der Waals surface area contributed by atoms with Crippen LogP contribution >= 0.6 is 11.6 Å². The smallest absolute Gasteiger partial charge is 0.144 e. The third-order valence-electron chi connectivity index (χ3n) is 1.89. The standard InChI is InChI=1S/C12H16ClNOS/c1-9-5-10(7-11(13)6-9)8-14-16(15)12(2,3)4/h5-8H,1-4H3/b14-8+. The van der Waals surface area contributed by atoms with Gasteiger partial charge in [-0.3, -0.25) is 0 Å². The maximum Gasteiger partial charge on any atom is 0.144 e. The van der Waals surface area contributed by atoms with Gasteiger partial charge in [0.2, 0.25) is 0 Å². The third kappa shape index (κ3) is 4.16. The number of rotatable bonds is 2. The summed E-state index contributed by atoms with van der Waals surface area (Å²) in [6, 6.07) is 5.63. The zero-order valence-electron chi connectivity index (χ0n) is 9.95. The van der Waals surface area contributed by atoms with Crippen molar-refractivity contribution >= 4 is 29.2 Å². The fourth-order valence-electron chi connectivity index (χ4n) is 1.11. The molecule has 1 aromatic rings. The van der Waals surface area contributed by atoms with Gasteiger partial charge in [0.15, 0.2) is 0 Å². The molecule has 0 aliphatic carbocycles. The van der Waals surface area contributed by atoms with Gasteiger partial charge in [0.25, 0.3) is 0 Å². The predicted octanol–water partition coefficient (Wildman–Crippen LogP) is 3.53. The summed E-state index contributed by atoms with van der Waals surface area (Å²) in [5.74, 6) is 0. The van der Waals surface area contributed by atoms with E-state index in [9.17, 15) is 4.55 Å². The fourth-order valence-corrected chi connectivity index (χ4v) is 1.94. The van der Waals surface area contributed by atoms with Crippen molar-refractivity contribution in [1.29, 1.82) is 0 Å². The number of hydrogen-bond acceptors (Lipinski definition) is 2. The Bertz CT molecular complexity index is 378. The van der Waals surface area contributed by atoms with Crippen LogP contribution in [-0.4, -0.2) is 15.5 Å². The van der Waals surface area contributed by atoms with Crippen LogP contribution in [0.25, 0.3) is 0 Å². The van der Waals surface area contributed by atoms with E-state index in [1.54, 1.807) is 12.3 Å². The summed E-state index contributed by atoms with van der Waals surface area (Å²) in [4.78, 5) is 0. The Morgan fingerprint density at radius 1 is 1.31 bits per heavy atom. The van der Waals surface area contributed by atoms with Crippen LogP contribution in [0.3, 0.4) is 0 Å². The van der Waals surface area contributed by atoms with E-state index in [0.29, 0.717) is 5.02 Å². The summed E-state index contributed by atoms with van der Waals surface area (Å²) in [5, 5.41) is 0.669. The molecule has 0 amide bonds. The molecule has 1 atom stereocenters. The van der Waals surface area contributed by atoms with Gasteiger partial charge in [0, 0.05) is 5.02 Å². The zero-order valence-corrected chi connectivity index (χ0v) is 11.5. The molecule has 0 saturated heterocycles. The quantitative estimate of drug-likeness (QED) is 0.590. The molecule has 0 saturated carbocycles. The molecule has 0 aromatic heterocycles. The van der Waals surface area contributed by atoms with Crippen molar-refractivity contribution in [3.63, 3.8) is 0 Å². The molecule has 0 N–H and O–H groups in total. The van der Waals surface area contributed by atoms with Crippen molar-refractivity contribution in [2.75, 3.05) is 0 Å². The molecule has 0 bridgehead atoms. The molecule has 0 heterocycles. The Hall–Kier alpha value is -0.510. The van der Waals surface area contributed by atoms with Crippen LogP contribution in [0, 0.1) is 6.92 Å². The highest BCUT2D eigenvalue weighted by atomic mass is 35.5. The molecule has 1 aromatic carbocycles. The van der Waals surface area contributed by atoms with E-state index >= 15 is 0 Å². The summed E-state index contributed by atoms with van der Waals surface area (Å²) >= 11 is 4.69. The summed E-state index contributed by atoms with van der Waals surface area (Å²) in [7, 11) is 0. The van der Waals surface area contributed by atoms with Crippen LogP contribution in [-0.2, 0) is 11.4 Å². The number of nitrogens with zero attached hydrogens (tertiary/aromatic N) is 1. The first-order valence-electron chi connectivity index (χ1n) is 5.02. The van der Waals surface area contributed by atoms with Gasteiger partial charge in [-0.15, -0.1) is 0 Å². The van der Waals surface area contributed by atoms with Crippen molar-refractivity contribution in [1.82, 2.24) is 0 Å². The van der Waals surface area contributed by atoms with E-state index in [1.807, 2.05) is 39.8 Å². The lowest BCUT2D eigenvalue weighted by atomic mass is 10.1. The van der Waals surface area contributed by atoms with Gasteiger partial charge in [0.1, 0.15) is 16.1 Å². The summed E-state index contributed by atoms with van der Waals surface area (Å²) in [5.41, 5.74) is 1.94. The normalized spacial score (nSPS) is 14.4. The van der Waals surface area contributed by atoms with E-state index in [2.05, 4.69) is 4.40 Å². The van der Waals surface area contributed by atoms with Gasteiger partial charge in [-0.25, -0.2) is 0 Å². The van der Waals surface area contributed by atoms with Crippen molar-refractivity contribution in [2.45, 2.75) is 32.4 Å². The van der Waals surface area contributed by atoms with E-state index in [4.69, 9.17) is 11.6 Å². The van der Waals surface area contributed by atoms with Crippen LogP contribution < -0.4 is 0 Å². The Morgan fingerprint density at radius 2 is 1.94 bits per heavy atom. The van der Waals surface area contributed by atoms with Gasteiger partial charge in [-0.2, -0.15) is 0 Å². The average Bonchev–Trinajstić information content (AvgIpc) is 2.11. The maximum absolute atomic E-state index is 11.7. The van der Waals surface area contributed by atoms with Gasteiger partial charge in [-0.05, 0) is 51.0 Å². The molecule has 0 spiro atoms. The molecule has 88 valence electrons. The van der Waals surface area contributed by atoms with Crippen LogP contribution in [0.5, 0.6) is 0 Å². The first-order chi connectivity index (χ1) is 7.29. The monoisotopic (exact) mass is 257 g/mol. The first-order valence-corrected chi connectivity index (χ1v) is 6.51. The molecule has 0 fully saturated rings. The Balaban J connectivity index is 2.84. The molecule has 0 aliphatic heterocycles. The maximum atomic E-state index is 11.7. The third-order valence-corrected chi connectivity index (χ3v) is 3.45. The number of aryl methyl sites for hydroxylation is 1. The Kier molecular flexibility index (Phi) is 4.42. The highest BCUT2D eigenvalue weighted by molar-refractivity contribution is 7.91. The van der Waals surface area contributed by atoms with Crippen molar-refractivity contribution < 1.29 is 4.55 Å². The largest absolute Gasteiger partial charge is 0.591 e. The number of halogens is 1. The van der Waals surface area contributed by atoms with E-state index < -0.39 is 11.4 Å². The molecule has 2 nitrogen and oxygen atoms in total. The molecular formula is C12H16ClNOS. The minimum atomic E-state index is -1.22. The van der Waals surface area contributed by atoms with Gasteiger partial charge in [0.05, 0.1) is 6.21 Å². The SMILES string of the molecule is Cc1cc(Cl)cc(/C=N/[S+]([O-])C(C)(C)C)c1. The highest BCUT2D eigenvalue weighted by Crippen LogP contribution is 2.18. The van der Waals surface area contributed by atoms with Gasteiger partial charge >= 0.3 is 0 Å². The van der Waals surface area contributed by atoms with Crippen LogP contribution in [0.4, 0.5) is 0 Å². The topological polar surface area (TPSA) is 35.4 Å². The number of benzene rings is 1. The molecule has 16 heavy (non-hydrogen) atoms. The van der Waals surface area contributed by atoms with Crippen LogP contribution in [0.15, 0.2) is 22.6 Å². The lowest BCUT2D eigenvalue weighted by Crippen LogP contribution is -2.25. The van der Waals surface area contributed by atoms with Crippen molar-refractivity contribution in [3.05, 3.63) is 34.3 Å². The molecule has 0 radical (unpaired) electrons. The molecule has 0 aliphatic rings. The zero-order chi connectivity index (χ0) is 12.3. The minimum Gasteiger partial charge on any atom is -0.591 e. The Labute approximate surface area is 105 Å². The lowest BCUT2D eigenvalue weighted by Gasteiger charge is -2.17. The van der Waals surface area contributed by atoms with Crippen LogP contribution in [0.1, 0.15) is 31.9 Å². The van der Waals surface area contributed by atoms with Gasteiger partial charge < -0.3 is 4.55 Å². The van der Waals surface area contributed by atoms with Crippen LogP contribution in [0.2, 0.25) is 5.02 Å². The summed E-state index contributed by atoms with van der Waals surface area (Å²) < 4.78 is 15.4. The minimum absolute atomic E-state index is 0.329. The van der Waals surface area contributed by atoms with E-state index in [1.165, 1.54) is 0 Å². The second-order valence-corrected chi connectivity index (χ2v) is 7.03. The predicted molar refractivity (Wildman–Crippen MR) is 71.7 cm³/mol. The molecule has 4 heteroatoms. The summed E-state index contributed by atoms with van der Waals surface area (Å²) in [6.07, 6.45) is 1.61. The molecule has 1 unspecified atom stereocenters. The fraction of sp³-hybridized carbons (Fsp3) is 0.417. The van der Waals surface area contributed by atoms with E-state index in [0.717, 1.165) is 11.1 Å². The average molecular weight is 258 g/mol. The van der Waals surface area contributed by atoms with Gasteiger partial charge in [-0.1, -0.05) is 22.1 Å². The first kappa shape index (κ1) is 13.6. The van der Waals surface area contributed by atoms with E-state index in [-0.39, 0.29) is 4.75 Å². The summed E-state index contributed by atoms with van der Waals surface area (Å²) in [6.45, 7) is 7.64. The molecular weight excluding hydrogens is 242 g/mol. The highest BCUT2D eigenvalue weighted by Gasteiger charge is 2.25. The number of hydrogen-bond donors (Lipinski definition) is 0. The lowest BCUT2D eigenvalue weighted by molar-refractivity contribution is 0.562.